The number of benzene rings is 3. The van der Waals surface area contributed by atoms with Gasteiger partial charge in [-0.25, -0.2) is 4.90 Å². The van der Waals surface area contributed by atoms with Gasteiger partial charge in [-0.05, 0) is 36.2 Å². The topological polar surface area (TPSA) is 59.1 Å². The number of amides is 2. The molecule has 5 rings (SSSR count). The minimum absolute atomic E-state index is 0.329. The van der Waals surface area contributed by atoms with Gasteiger partial charge in [0.25, 0.3) is 11.8 Å². The molecule has 3 aromatic rings. The molecular weight excluding hydrogens is 404 g/mol. The molecule has 0 radical (unpaired) electrons. The van der Waals surface area contributed by atoms with Gasteiger partial charge in [0, 0.05) is 17.8 Å². The molecule has 0 aromatic heterocycles. The highest BCUT2D eigenvalue weighted by molar-refractivity contribution is 6.47. The van der Waals surface area contributed by atoms with Crippen molar-refractivity contribution in [3.63, 3.8) is 0 Å². The zero-order valence-electron chi connectivity index (χ0n) is 17.9. The number of anilines is 2. The zero-order chi connectivity index (χ0) is 22.2. The number of fused-ring (bicyclic) bond motifs is 1. The van der Waals surface area contributed by atoms with Gasteiger partial charge < -0.3 is 14.4 Å². The molecule has 2 amide bonds. The van der Waals surface area contributed by atoms with E-state index in [1.54, 1.807) is 37.4 Å². The third-order valence-corrected chi connectivity index (χ3v) is 5.92. The van der Waals surface area contributed by atoms with Crippen molar-refractivity contribution in [1.29, 1.82) is 0 Å². The lowest BCUT2D eigenvalue weighted by Crippen LogP contribution is -2.35. The summed E-state index contributed by atoms with van der Waals surface area (Å²) in [7, 11) is 3.08. The number of carbonyl (C=O) groups excluding carboxylic acids is 2. The molecule has 6 heteroatoms. The average molecular weight is 426 g/mol. The molecule has 2 aliphatic rings. The molecule has 0 spiro atoms. The monoisotopic (exact) mass is 426 g/mol. The Morgan fingerprint density at radius 2 is 1.34 bits per heavy atom. The summed E-state index contributed by atoms with van der Waals surface area (Å²) >= 11 is 0. The van der Waals surface area contributed by atoms with Crippen molar-refractivity contribution >= 4 is 28.8 Å². The van der Waals surface area contributed by atoms with Gasteiger partial charge in [-0.1, -0.05) is 48.5 Å². The lowest BCUT2D eigenvalue weighted by Gasteiger charge is -2.22. The van der Waals surface area contributed by atoms with Crippen LogP contribution in [0.3, 0.4) is 0 Å². The lowest BCUT2D eigenvalue weighted by atomic mass is 10.0. The van der Waals surface area contributed by atoms with Crippen LogP contribution in [0.15, 0.2) is 78.5 Å². The average Bonchev–Trinajstić information content (AvgIpc) is 3.36. The fraction of sp³-hybridized carbons (Fsp3) is 0.154. The first-order valence-electron chi connectivity index (χ1n) is 10.4. The highest BCUT2D eigenvalue weighted by Gasteiger charge is 2.45. The first-order valence-corrected chi connectivity index (χ1v) is 10.4. The quantitative estimate of drug-likeness (QED) is 0.576. The highest BCUT2D eigenvalue weighted by atomic mass is 16.5. The predicted molar refractivity (Wildman–Crippen MR) is 123 cm³/mol. The molecule has 0 bridgehead atoms. The first kappa shape index (κ1) is 19.9. The number of carbonyl (C=O) groups is 2. The third-order valence-electron chi connectivity index (χ3n) is 5.92. The molecule has 0 saturated heterocycles. The summed E-state index contributed by atoms with van der Waals surface area (Å²) < 4.78 is 11.0. The van der Waals surface area contributed by atoms with E-state index >= 15 is 0 Å². The number of imide groups is 1. The Labute approximate surface area is 186 Å². The van der Waals surface area contributed by atoms with Crippen LogP contribution in [0.25, 0.3) is 5.57 Å². The standard InChI is InChI=1S/C26H22N2O4/c1-31-21-13-7-4-10-18(21)23-24(27-16-15-17-9-3-5-11-19(17)27)26(30)28(25(23)29)20-12-6-8-14-22(20)32-2/h3-14H,15-16H2,1-2H3. The Morgan fingerprint density at radius 3 is 2.09 bits per heavy atom. The molecular formula is C26H22N2O4. The molecule has 3 aromatic carbocycles. The number of ether oxygens (including phenoxy) is 2. The molecule has 0 unspecified atom stereocenters. The normalized spacial score (nSPS) is 15.4. The van der Waals surface area contributed by atoms with E-state index < -0.39 is 5.91 Å². The van der Waals surface area contributed by atoms with Crippen LogP contribution in [0.1, 0.15) is 11.1 Å². The number of nitrogens with zero attached hydrogens (tertiary/aromatic N) is 2. The fourth-order valence-corrected chi connectivity index (χ4v) is 4.47. The molecule has 0 fully saturated rings. The maximum absolute atomic E-state index is 13.9. The minimum Gasteiger partial charge on any atom is -0.496 e. The Kier molecular flexibility index (Phi) is 4.90. The molecule has 2 heterocycles. The Morgan fingerprint density at radius 1 is 0.719 bits per heavy atom. The second-order valence-electron chi connectivity index (χ2n) is 7.57. The smallest absolute Gasteiger partial charge is 0.282 e. The van der Waals surface area contributed by atoms with E-state index in [-0.39, 0.29) is 5.91 Å². The Balaban J connectivity index is 1.73. The summed E-state index contributed by atoms with van der Waals surface area (Å²) in [5.74, 6) is 0.215. The lowest BCUT2D eigenvalue weighted by molar-refractivity contribution is -0.120. The predicted octanol–water partition coefficient (Wildman–Crippen LogP) is 4.05. The Hall–Kier alpha value is -4.06. The first-order chi connectivity index (χ1) is 15.7. The summed E-state index contributed by atoms with van der Waals surface area (Å²) in [5, 5.41) is 0. The van der Waals surface area contributed by atoms with Crippen LogP contribution in [-0.2, 0) is 16.0 Å². The van der Waals surface area contributed by atoms with Crippen molar-refractivity contribution in [2.24, 2.45) is 0 Å². The summed E-state index contributed by atoms with van der Waals surface area (Å²) in [4.78, 5) is 30.9. The van der Waals surface area contributed by atoms with Crippen molar-refractivity contribution in [3.05, 3.63) is 89.6 Å². The molecule has 0 saturated carbocycles. The molecule has 6 nitrogen and oxygen atoms in total. The van der Waals surface area contributed by atoms with Gasteiger partial charge in [0.2, 0.25) is 0 Å². The van der Waals surface area contributed by atoms with E-state index in [0.29, 0.717) is 40.6 Å². The van der Waals surface area contributed by atoms with E-state index in [0.717, 1.165) is 17.7 Å². The molecule has 32 heavy (non-hydrogen) atoms. The number of hydrogen-bond acceptors (Lipinski definition) is 5. The summed E-state index contributed by atoms with van der Waals surface area (Å²) in [5.41, 5.74) is 3.78. The molecule has 160 valence electrons. The zero-order valence-corrected chi connectivity index (χ0v) is 17.9. The van der Waals surface area contributed by atoms with Crippen LogP contribution >= 0.6 is 0 Å². The van der Waals surface area contributed by atoms with E-state index in [1.165, 1.54) is 12.0 Å². The van der Waals surface area contributed by atoms with E-state index in [2.05, 4.69) is 6.07 Å². The van der Waals surface area contributed by atoms with Gasteiger partial charge in [0.05, 0.1) is 25.5 Å². The summed E-state index contributed by atoms with van der Waals surface area (Å²) in [6.07, 6.45) is 0.801. The van der Waals surface area contributed by atoms with Crippen molar-refractivity contribution in [3.8, 4) is 11.5 Å². The summed E-state index contributed by atoms with van der Waals surface area (Å²) in [6.45, 7) is 0.617. The third kappa shape index (κ3) is 2.95. The summed E-state index contributed by atoms with van der Waals surface area (Å²) in [6, 6.07) is 22.3. The van der Waals surface area contributed by atoms with Crippen LogP contribution in [0.5, 0.6) is 11.5 Å². The van der Waals surface area contributed by atoms with E-state index in [4.69, 9.17) is 9.47 Å². The SMILES string of the molecule is COc1ccccc1C1=C(N2CCc3ccccc32)C(=O)N(c2ccccc2OC)C1=O. The van der Waals surface area contributed by atoms with Gasteiger partial charge in [0.15, 0.2) is 0 Å². The number of rotatable bonds is 5. The number of hydrogen-bond donors (Lipinski definition) is 0. The van der Waals surface area contributed by atoms with Gasteiger partial charge in [-0.2, -0.15) is 0 Å². The largest absolute Gasteiger partial charge is 0.496 e. The van der Waals surface area contributed by atoms with Crippen LogP contribution in [-0.4, -0.2) is 32.6 Å². The van der Waals surface area contributed by atoms with Gasteiger partial charge in [0.1, 0.15) is 17.2 Å². The van der Waals surface area contributed by atoms with Crippen molar-refractivity contribution in [2.45, 2.75) is 6.42 Å². The highest BCUT2D eigenvalue weighted by Crippen LogP contribution is 2.43. The maximum atomic E-state index is 13.9. The Bertz CT molecular complexity index is 1260. The van der Waals surface area contributed by atoms with Crippen molar-refractivity contribution < 1.29 is 19.1 Å². The number of methoxy groups -OCH3 is 2. The van der Waals surface area contributed by atoms with Crippen LogP contribution in [0.2, 0.25) is 0 Å². The molecule has 2 aliphatic heterocycles. The minimum atomic E-state index is -0.400. The van der Waals surface area contributed by atoms with E-state index in [1.807, 2.05) is 41.3 Å². The number of para-hydroxylation sites is 4. The second kappa shape index (κ2) is 7.89. The fourth-order valence-electron chi connectivity index (χ4n) is 4.47. The van der Waals surface area contributed by atoms with Crippen LogP contribution < -0.4 is 19.3 Å². The van der Waals surface area contributed by atoms with Crippen LogP contribution in [0, 0.1) is 0 Å². The van der Waals surface area contributed by atoms with Crippen molar-refractivity contribution in [2.75, 3.05) is 30.6 Å². The van der Waals surface area contributed by atoms with Crippen molar-refractivity contribution in [1.82, 2.24) is 0 Å². The van der Waals surface area contributed by atoms with Gasteiger partial charge >= 0.3 is 0 Å². The molecule has 0 aliphatic carbocycles. The van der Waals surface area contributed by atoms with E-state index in [9.17, 15) is 9.59 Å². The van der Waals surface area contributed by atoms with Gasteiger partial charge in [-0.15, -0.1) is 0 Å². The van der Waals surface area contributed by atoms with Gasteiger partial charge in [-0.3, -0.25) is 9.59 Å². The molecule has 0 atom stereocenters. The second-order valence-corrected chi connectivity index (χ2v) is 7.57. The molecule has 0 N–H and O–H groups in total. The maximum Gasteiger partial charge on any atom is 0.282 e. The van der Waals surface area contributed by atoms with Crippen LogP contribution in [0.4, 0.5) is 11.4 Å².